The number of hydrogen-bond donors (Lipinski definition) is 5. The number of nitrogens with one attached hydrogen (secondary N) is 3. The number of carboxylic acid groups (broad SMARTS) is 1. The lowest BCUT2D eigenvalue weighted by Crippen LogP contribution is -2.36. The summed E-state index contributed by atoms with van der Waals surface area (Å²) >= 11 is 0. The molecule has 0 bridgehead atoms. The average Bonchev–Trinajstić information content (AvgIpc) is 3.34. The number of hydrogen-bond acceptors (Lipinski definition) is 3. The SMILES string of the molecule is Cc1nc2ccc(C(NC(=O)O)C(CCc3ccc(C(=N)N)cc3)C(c3ccccc3)c3ccccc3)cc2[nH]1.Cl. The third-order valence-corrected chi connectivity index (χ3v) is 7.47. The third kappa shape index (κ3) is 6.94. The Morgan fingerprint density at radius 3 is 2.10 bits per heavy atom. The van der Waals surface area contributed by atoms with E-state index in [4.69, 9.17) is 11.1 Å². The zero-order valence-corrected chi connectivity index (χ0v) is 23.6. The van der Waals surface area contributed by atoms with Gasteiger partial charge < -0.3 is 21.1 Å². The van der Waals surface area contributed by atoms with Gasteiger partial charge in [-0.2, -0.15) is 0 Å². The number of imidazole rings is 1. The van der Waals surface area contributed by atoms with Crippen molar-refractivity contribution in [2.24, 2.45) is 11.7 Å². The summed E-state index contributed by atoms with van der Waals surface area (Å²) in [5, 5.41) is 20.6. The zero-order chi connectivity index (χ0) is 28.1. The number of amides is 1. The molecule has 7 nitrogen and oxygen atoms in total. The number of benzene rings is 4. The molecular weight excluding hydrogens is 534 g/mol. The number of aromatic nitrogens is 2. The third-order valence-electron chi connectivity index (χ3n) is 7.47. The van der Waals surface area contributed by atoms with Gasteiger partial charge in [0.2, 0.25) is 0 Å². The normalized spacial score (nSPS) is 12.4. The maximum atomic E-state index is 12.3. The Hall–Kier alpha value is -4.62. The summed E-state index contributed by atoms with van der Waals surface area (Å²) in [4.78, 5) is 20.1. The summed E-state index contributed by atoms with van der Waals surface area (Å²) in [5.74, 6) is 0.643. The molecule has 210 valence electrons. The number of rotatable bonds is 10. The summed E-state index contributed by atoms with van der Waals surface area (Å²) in [6.07, 6.45) is 0.364. The highest BCUT2D eigenvalue weighted by Crippen LogP contribution is 2.42. The van der Waals surface area contributed by atoms with Gasteiger partial charge in [-0.15, -0.1) is 12.4 Å². The van der Waals surface area contributed by atoms with Crippen molar-refractivity contribution in [1.82, 2.24) is 15.3 Å². The molecule has 2 unspecified atom stereocenters. The number of aromatic amines is 1. The highest BCUT2D eigenvalue weighted by Gasteiger charge is 2.34. The summed E-state index contributed by atoms with van der Waals surface area (Å²) in [7, 11) is 0. The predicted molar refractivity (Wildman–Crippen MR) is 166 cm³/mol. The maximum absolute atomic E-state index is 12.3. The first-order valence-electron chi connectivity index (χ1n) is 13.4. The van der Waals surface area contributed by atoms with Crippen molar-refractivity contribution in [2.75, 3.05) is 0 Å². The Morgan fingerprint density at radius 2 is 1.54 bits per heavy atom. The molecule has 0 aliphatic rings. The molecule has 1 aromatic heterocycles. The molecule has 2 atom stereocenters. The molecule has 0 saturated heterocycles. The minimum absolute atomic E-state index is 0. The number of nitrogens with two attached hydrogens (primary N) is 1. The number of nitrogens with zero attached hydrogens (tertiary/aromatic N) is 1. The Labute approximate surface area is 245 Å². The molecule has 0 saturated carbocycles. The van der Waals surface area contributed by atoms with Gasteiger partial charge in [0.25, 0.3) is 0 Å². The van der Waals surface area contributed by atoms with Crippen LogP contribution in [0.5, 0.6) is 0 Å². The molecular formula is C33H34ClN5O2. The van der Waals surface area contributed by atoms with Crippen LogP contribution in [0.1, 0.15) is 52.0 Å². The van der Waals surface area contributed by atoms with Crippen molar-refractivity contribution >= 4 is 35.4 Å². The topological polar surface area (TPSA) is 128 Å². The monoisotopic (exact) mass is 567 g/mol. The van der Waals surface area contributed by atoms with Crippen molar-refractivity contribution in [3.05, 3.63) is 137 Å². The van der Waals surface area contributed by atoms with E-state index in [-0.39, 0.29) is 30.1 Å². The van der Waals surface area contributed by atoms with E-state index in [1.54, 1.807) is 0 Å². The Balaban J connectivity index is 0.00000387. The molecule has 0 spiro atoms. The van der Waals surface area contributed by atoms with E-state index >= 15 is 0 Å². The minimum Gasteiger partial charge on any atom is -0.465 e. The molecule has 5 rings (SSSR count). The predicted octanol–water partition coefficient (Wildman–Crippen LogP) is 6.97. The largest absolute Gasteiger partial charge is 0.465 e. The molecule has 0 aliphatic heterocycles. The van der Waals surface area contributed by atoms with Crippen molar-refractivity contribution in [3.8, 4) is 0 Å². The van der Waals surface area contributed by atoms with Gasteiger partial charge in [0.05, 0.1) is 17.1 Å². The van der Waals surface area contributed by atoms with Crippen LogP contribution in [0, 0.1) is 18.3 Å². The van der Waals surface area contributed by atoms with Gasteiger partial charge in [-0.05, 0) is 60.1 Å². The van der Waals surface area contributed by atoms with Gasteiger partial charge in [0, 0.05) is 11.5 Å². The Morgan fingerprint density at radius 1 is 0.927 bits per heavy atom. The van der Waals surface area contributed by atoms with Gasteiger partial charge in [0.1, 0.15) is 11.7 Å². The number of fused-ring (bicyclic) bond motifs is 1. The van der Waals surface area contributed by atoms with Crippen molar-refractivity contribution < 1.29 is 9.90 Å². The second-order valence-corrected chi connectivity index (χ2v) is 10.1. The first-order valence-corrected chi connectivity index (χ1v) is 13.4. The molecule has 0 aliphatic carbocycles. The number of H-pyrrole nitrogens is 1. The molecule has 0 radical (unpaired) electrons. The van der Waals surface area contributed by atoms with Gasteiger partial charge in [0.15, 0.2) is 0 Å². The number of aryl methyl sites for hydroxylation is 2. The molecule has 8 heteroatoms. The fourth-order valence-electron chi connectivity index (χ4n) is 5.64. The molecule has 4 aromatic carbocycles. The number of halogens is 1. The zero-order valence-electron chi connectivity index (χ0n) is 22.7. The van der Waals surface area contributed by atoms with E-state index in [1.807, 2.05) is 85.8 Å². The maximum Gasteiger partial charge on any atom is 0.405 e. The van der Waals surface area contributed by atoms with Crippen LogP contribution in [0.3, 0.4) is 0 Å². The van der Waals surface area contributed by atoms with Crippen molar-refractivity contribution in [2.45, 2.75) is 31.7 Å². The summed E-state index contributed by atoms with van der Waals surface area (Å²) in [5.41, 5.74) is 12.3. The van der Waals surface area contributed by atoms with Crippen LogP contribution in [0.4, 0.5) is 4.79 Å². The Bertz CT molecular complexity index is 1560. The molecule has 1 amide bonds. The van der Waals surface area contributed by atoms with Crippen LogP contribution in [-0.4, -0.2) is 27.0 Å². The number of nitrogen functional groups attached to an aromatic ring is 1. The summed E-state index contributed by atoms with van der Waals surface area (Å²) in [6.45, 7) is 1.91. The standard InChI is InChI=1S/C33H33N5O2.ClH/c1-21-36-28-19-17-26(20-29(28)37-21)31(38-33(39)40)27(18-14-22-12-15-25(16-13-22)32(34)35)30(23-8-4-2-5-9-23)24-10-6-3-7-11-24;/h2-13,15-17,19-20,27,30-31,38H,14,18H2,1H3,(H3,34,35)(H,36,37)(H,39,40);1H. The van der Waals surface area contributed by atoms with E-state index < -0.39 is 12.1 Å². The second-order valence-electron chi connectivity index (χ2n) is 10.1. The van der Waals surface area contributed by atoms with Gasteiger partial charge >= 0.3 is 6.09 Å². The van der Waals surface area contributed by atoms with E-state index in [1.165, 1.54) is 0 Å². The lowest BCUT2D eigenvalue weighted by molar-refractivity contribution is 0.181. The van der Waals surface area contributed by atoms with Crippen LogP contribution in [0.15, 0.2) is 103 Å². The van der Waals surface area contributed by atoms with Crippen LogP contribution >= 0.6 is 12.4 Å². The van der Waals surface area contributed by atoms with E-state index in [9.17, 15) is 9.90 Å². The first-order chi connectivity index (χ1) is 19.4. The van der Waals surface area contributed by atoms with Gasteiger partial charge in [-0.3, -0.25) is 5.41 Å². The lowest BCUT2D eigenvalue weighted by atomic mass is 9.72. The van der Waals surface area contributed by atoms with Gasteiger partial charge in [-0.1, -0.05) is 91.0 Å². The minimum atomic E-state index is -1.07. The fourth-order valence-corrected chi connectivity index (χ4v) is 5.64. The summed E-state index contributed by atoms with van der Waals surface area (Å²) < 4.78 is 0. The molecule has 0 fully saturated rings. The highest BCUT2D eigenvalue weighted by molar-refractivity contribution is 5.94. The molecule has 41 heavy (non-hydrogen) atoms. The molecule has 1 heterocycles. The first kappa shape index (κ1) is 29.4. The van der Waals surface area contributed by atoms with Crippen LogP contribution < -0.4 is 11.1 Å². The fraction of sp³-hybridized carbons (Fsp3) is 0.182. The lowest BCUT2D eigenvalue weighted by Gasteiger charge is -2.35. The van der Waals surface area contributed by atoms with E-state index in [2.05, 4.69) is 39.6 Å². The van der Waals surface area contributed by atoms with Crippen LogP contribution in [0.2, 0.25) is 0 Å². The van der Waals surface area contributed by atoms with Crippen LogP contribution in [0.25, 0.3) is 11.0 Å². The van der Waals surface area contributed by atoms with Crippen molar-refractivity contribution in [3.63, 3.8) is 0 Å². The number of carbonyl (C=O) groups is 1. The van der Waals surface area contributed by atoms with Gasteiger partial charge in [-0.25, -0.2) is 9.78 Å². The number of amidine groups is 1. The summed E-state index contributed by atoms with van der Waals surface area (Å²) in [6, 6.07) is 33.7. The Kier molecular flexibility index (Phi) is 9.42. The van der Waals surface area contributed by atoms with Crippen molar-refractivity contribution in [1.29, 1.82) is 5.41 Å². The average molecular weight is 568 g/mol. The molecule has 6 N–H and O–H groups in total. The molecule has 5 aromatic rings. The second kappa shape index (κ2) is 13.2. The van der Waals surface area contributed by atoms with E-state index in [0.717, 1.165) is 45.5 Å². The highest BCUT2D eigenvalue weighted by atomic mass is 35.5. The smallest absolute Gasteiger partial charge is 0.405 e. The van der Waals surface area contributed by atoms with E-state index in [0.29, 0.717) is 12.0 Å². The van der Waals surface area contributed by atoms with Crippen LogP contribution in [-0.2, 0) is 6.42 Å². The quantitative estimate of drug-likeness (QED) is 0.0922.